The van der Waals surface area contributed by atoms with E-state index >= 15 is 0 Å². The van der Waals surface area contributed by atoms with Crippen LogP contribution in [0.25, 0.3) is 0 Å². The molecule has 0 heterocycles. The van der Waals surface area contributed by atoms with Crippen LogP contribution in [0, 0.1) is 3.57 Å². The van der Waals surface area contributed by atoms with Gasteiger partial charge in [0.15, 0.2) is 0 Å². The van der Waals surface area contributed by atoms with E-state index in [2.05, 4.69) is 46.9 Å². The highest BCUT2D eigenvalue weighted by atomic mass is 127. The third-order valence-corrected chi connectivity index (χ3v) is 2.86. The van der Waals surface area contributed by atoms with Crippen molar-refractivity contribution in [2.45, 2.75) is 18.4 Å². The minimum absolute atomic E-state index is 0. The summed E-state index contributed by atoms with van der Waals surface area (Å²) < 4.78 is 1.29. The number of rotatable bonds is 1. The Hall–Kier alpha value is 0.200. The topological polar surface area (TPSA) is 26.0 Å². The van der Waals surface area contributed by atoms with E-state index in [4.69, 9.17) is 5.73 Å². The van der Waals surface area contributed by atoms with E-state index in [0.717, 1.165) is 0 Å². The van der Waals surface area contributed by atoms with Crippen molar-refractivity contribution in [2.75, 3.05) is 0 Å². The fourth-order valence-electron chi connectivity index (χ4n) is 1.31. The van der Waals surface area contributed by atoms with Gasteiger partial charge in [0.25, 0.3) is 0 Å². The van der Waals surface area contributed by atoms with Crippen LogP contribution in [0.2, 0.25) is 0 Å². The van der Waals surface area contributed by atoms with Gasteiger partial charge in [0.1, 0.15) is 0 Å². The maximum atomic E-state index is 5.73. The average Bonchev–Trinajstić information content (AvgIpc) is 2.69. The van der Waals surface area contributed by atoms with Crippen molar-refractivity contribution in [3.63, 3.8) is 0 Å². The Bertz CT molecular complexity index is 260. The van der Waals surface area contributed by atoms with E-state index in [0.29, 0.717) is 12.0 Å². The molecule has 1 aromatic rings. The first-order chi connectivity index (χ1) is 5.27. The summed E-state index contributed by atoms with van der Waals surface area (Å²) in [6.45, 7) is 0. The third-order valence-electron chi connectivity index (χ3n) is 2.14. The number of benzene rings is 1. The summed E-state index contributed by atoms with van der Waals surface area (Å²) in [5, 5.41) is 0. The Kier molecular flexibility index (Phi) is 3.37. The summed E-state index contributed by atoms with van der Waals surface area (Å²) in [4.78, 5) is 0. The van der Waals surface area contributed by atoms with Crippen LogP contribution in [0.1, 0.15) is 17.9 Å². The largest absolute Gasteiger partial charge is 0.327 e. The standard InChI is InChI=1S/C9H10IN.ClH/c10-7-3-1-6(2-4-7)8-5-9(8)11;/h1-4,8-9H,5,11H2;1H. The highest BCUT2D eigenvalue weighted by Gasteiger charge is 2.34. The van der Waals surface area contributed by atoms with Crippen molar-refractivity contribution in [3.8, 4) is 0 Å². The van der Waals surface area contributed by atoms with E-state index in [9.17, 15) is 0 Å². The smallest absolute Gasteiger partial charge is 0.0130 e. The Balaban J connectivity index is 0.000000720. The van der Waals surface area contributed by atoms with Gasteiger partial charge < -0.3 is 5.73 Å². The van der Waals surface area contributed by atoms with Crippen LogP contribution in [0.4, 0.5) is 0 Å². The van der Waals surface area contributed by atoms with Crippen molar-refractivity contribution in [3.05, 3.63) is 33.4 Å². The van der Waals surface area contributed by atoms with E-state index in [1.165, 1.54) is 15.6 Å². The molecule has 2 atom stereocenters. The number of nitrogens with two attached hydrogens (primary N) is 1. The first kappa shape index (κ1) is 10.3. The van der Waals surface area contributed by atoms with Crippen LogP contribution in [0.3, 0.4) is 0 Å². The molecule has 0 aliphatic heterocycles. The lowest BCUT2D eigenvalue weighted by atomic mass is 10.1. The quantitative estimate of drug-likeness (QED) is 0.792. The fourth-order valence-corrected chi connectivity index (χ4v) is 1.67. The van der Waals surface area contributed by atoms with Gasteiger partial charge in [-0.25, -0.2) is 0 Å². The van der Waals surface area contributed by atoms with Crippen molar-refractivity contribution in [1.29, 1.82) is 0 Å². The predicted octanol–water partition coefficient (Wildman–Crippen LogP) is 2.53. The maximum Gasteiger partial charge on any atom is 0.0130 e. The minimum Gasteiger partial charge on any atom is -0.327 e. The van der Waals surface area contributed by atoms with Gasteiger partial charge in [-0.2, -0.15) is 0 Å². The van der Waals surface area contributed by atoms with E-state index in [1.54, 1.807) is 0 Å². The van der Waals surface area contributed by atoms with Gasteiger partial charge in [0.05, 0.1) is 0 Å². The maximum absolute atomic E-state index is 5.73. The Labute approximate surface area is 92.3 Å². The second-order valence-electron chi connectivity index (χ2n) is 3.06. The highest BCUT2D eigenvalue weighted by Crippen LogP contribution is 2.38. The molecule has 3 heteroatoms. The van der Waals surface area contributed by atoms with Gasteiger partial charge in [0, 0.05) is 15.5 Å². The number of hydrogen-bond acceptors (Lipinski definition) is 1. The molecular formula is C9H11ClIN. The van der Waals surface area contributed by atoms with Gasteiger partial charge in [-0.05, 0) is 46.7 Å². The lowest BCUT2D eigenvalue weighted by Crippen LogP contribution is -2.00. The normalized spacial score (nSPS) is 26.2. The average molecular weight is 296 g/mol. The SMILES string of the molecule is Cl.NC1CC1c1ccc(I)cc1. The Morgan fingerprint density at radius 1 is 1.25 bits per heavy atom. The predicted molar refractivity (Wildman–Crippen MR) is 61.7 cm³/mol. The van der Waals surface area contributed by atoms with Crippen LogP contribution in [0.5, 0.6) is 0 Å². The van der Waals surface area contributed by atoms with Crippen molar-refractivity contribution >= 4 is 35.0 Å². The zero-order chi connectivity index (χ0) is 7.84. The lowest BCUT2D eigenvalue weighted by Gasteiger charge is -1.96. The fraction of sp³-hybridized carbons (Fsp3) is 0.333. The van der Waals surface area contributed by atoms with Crippen molar-refractivity contribution in [2.24, 2.45) is 5.73 Å². The van der Waals surface area contributed by atoms with Crippen LogP contribution in [-0.2, 0) is 0 Å². The molecule has 1 saturated carbocycles. The second-order valence-corrected chi connectivity index (χ2v) is 4.30. The zero-order valence-corrected chi connectivity index (χ0v) is 9.51. The molecule has 0 bridgehead atoms. The second kappa shape index (κ2) is 3.94. The van der Waals surface area contributed by atoms with Gasteiger partial charge in [-0.3, -0.25) is 0 Å². The van der Waals surface area contributed by atoms with E-state index in [1.807, 2.05) is 0 Å². The molecule has 1 fully saturated rings. The van der Waals surface area contributed by atoms with Crippen LogP contribution < -0.4 is 5.73 Å². The monoisotopic (exact) mass is 295 g/mol. The first-order valence-electron chi connectivity index (χ1n) is 3.78. The molecule has 0 amide bonds. The summed E-state index contributed by atoms with van der Waals surface area (Å²) in [5.74, 6) is 0.645. The number of hydrogen-bond donors (Lipinski definition) is 1. The lowest BCUT2D eigenvalue weighted by molar-refractivity contribution is 0.990. The van der Waals surface area contributed by atoms with E-state index in [-0.39, 0.29) is 12.4 Å². The highest BCUT2D eigenvalue weighted by molar-refractivity contribution is 14.1. The summed E-state index contributed by atoms with van der Waals surface area (Å²) in [7, 11) is 0. The molecule has 1 nitrogen and oxygen atoms in total. The zero-order valence-electron chi connectivity index (χ0n) is 6.53. The summed E-state index contributed by atoms with van der Waals surface area (Å²) in [6.07, 6.45) is 1.17. The van der Waals surface area contributed by atoms with Crippen LogP contribution in [0.15, 0.2) is 24.3 Å². The van der Waals surface area contributed by atoms with Gasteiger partial charge in [-0.1, -0.05) is 12.1 Å². The minimum atomic E-state index is 0. The van der Waals surface area contributed by atoms with E-state index < -0.39 is 0 Å². The molecule has 0 spiro atoms. The summed E-state index contributed by atoms with van der Waals surface area (Å²) in [6, 6.07) is 9.07. The third kappa shape index (κ3) is 2.12. The molecule has 66 valence electrons. The van der Waals surface area contributed by atoms with Gasteiger partial charge >= 0.3 is 0 Å². The molecular weight excluding hydrogens is 284 g/mol. The molecule has 1 aliphatic carbocycles. The molecule has 12 heavy (non-hydrogen) atoms. The van der Waals surface area contributed by atoms with Crippen molar-refractivity contribution < 1.29 is 0 Å². The summed E-state index contributed by atoms with van der Waals surface area (Å²) in [5.41, 5.74) is 7.14. The van der Waals surface area contributed by atoms with Crippen LogP contribution >= 0.6 is 35.0 Å². The first-order valence-corrected chi connectivity index (χ1v) is 4.86. The molecule has 2 rings (SSSR count). The molecule has 1 aliphatic rings. The summed E-state index contributed by atoms with van der Waals surface area (Å²) >= 11 is 2.31. The van der Waals surface area contributed by atoms with Gasteiger partial charge in [0.2, 0.25) is 0 Å². The number of halogens is 2. The molecule has 0 radical (unpaired) electrons. The Morgan fingerprint density at radius 3 is 2.17 bits per heavy atom. The van der Waals surface area contributed by atoms with Crippen LogP contribution in [-0.4, -0.2) is 6.04 Å². The Morgan fingerprint density at radius 2 is 1.75 bits per heavy atom. The molecule has 2 unspecified atom stereocenters. The van der Waals surface area contributed by atoms with Crippen molar-refractivity contribution in [1.82, 2.24) is 0 Å². The molecule has 1 aromatic carbocycles. The molecule has 2 N–H and O–H groups in total. The molecule has 0 aromatic heterocycles. The van der Waals surface area contributed by atoms with Gasteiger partial charge in [-0.15, -0.1) is 12.4 Å². The molecule has 0 saturated heterocycles.